The summed E-state index contributed by atoms with van der Waals surface area (Å²) in [5, 5.41) is 18.7. The minimum Gasteiger partial charge on any atom is -0.494 e. The average Bonchev–Trinajstić information content (AvgIpc) is 3.45. The number of carboxylic acids is 1. The Labute approximate surface area is 258 Å². The highest BCUT2D eigenvalue weighted by atomic mass is 35.5. The van der Waals surface area contributed by atoms with Crippen molar-refractivity contribution in [3.8, 4) is 16.9 Å². The molecule has 0 fully saturated rings. The van der Waals surface area contributed by atoms with Crippen molar-refractivity contribution in [2.24, 2.45) is 7.05 Å². The third-order valence-electron chi connectivity index (χ3n) is 7.51. The Balaban J connectivity index is 1.51. The molecule has 0 aliphatic carbocycles. The topological polar surface area (TPSA) is 122 Å². The second-order valence-corrected chi connectivity index (χ2v) is 11.3. The molecule has 0 spiro atoms. The van der Waals surface area contributed by atoms with Crippen molar-refractivity contribution in [2.45, 2.75) is 40.5 Å². The van der Waals surface area contributed by atoms with Crippen molar-refractivity contribution in [2.75, 3.05) is 11.9 Å². The number of carbonyl (C=O) groups is 2. The number of carbonyl (C=O) groups excluding carboxylic acids is 1. The average molecular weight is 621 g/mol. The number of aryl methyl sites for hydroxylation is 5. The molecule has 222 valence electrons. The van der Waals surface area contributed by atoms with E-state index in [-0.39, 0.29) is 11.6 Å². The number of carboxylic acid groups (broad SMARTS) is 1. The van der Waals surface area contributed by atoms with Gasteiger partial charge < -0.3 is 20.1 Å². The first kappa shape index (κ1) is 30.1. The van der Waals surface area contributed by atoms with Crippen LogP contribution in [0.15, 0.2) is 42.6 Å². The molecule has 5 aromatic rings. The molecule has 3 aromatic heterocycles. The Hall–Kier alpha value is -4.34. The molecule has 5 rings (SSSR count). The number of halogens is 2. The smallest absolute Gasteiger partial charge is 0.354 e. The number of nitrogens with one attached hydrogen (secondary N) is 2. The number of benzene rings is 2. The van der Waals surface area contributed by atoms with Crippen LogP contribution in [-0.4, -0.2) is 43.3 Å². The second kappa shape index (κ2) is 12.1. The van der Waals surface area contributed by atoms with Crippen LogP contribution >= 0.6 is 23.2 Å². The van der Waals surface area contributed by atoms with E-state index in [2.05, 4.69) is 20.4 Å². The van der Waals surface area contributed by atoms with Gasteiger partial charge >= 0.3 is 5.97 Å². The van der Waals surface area contributed by atoms with Gasteiger partial charge in [-0.2, -0.15) is 5.10 Å². The minimum atomic E-state index is -1.15. The highest BCUT2D eigenvalue weighted by Crippen LogP contribution is 2.40. The van der Waals surface area contributed by atoms with Gasteiger partial charge in [-0.25, -0.2) is 9.78 Å². The molecule has 0 aliphatic heterocycles. The van der Waals surface area contributed by atoms with E-state index in [0.29, 0.717) is 35.9 Å². The van der Waals surface area contributed by atoms with Crippen LogP contribution in [0.25, 0.3) is 22.0 Å². The molecule has 0 saturated heterocycles. The predicted molar refractivity (Wildman–Crippen MR) is 169 cm³/mol. The molecule has 3 N–H and O–H groups in total. The summed E-state index contributed by atoms with van der Waals surface area (Å²) in [7, 11) is 1.88. The molecule has 0 unspecified atom stereocenters. The number of anilines is 1. The maximum Gasteiger partial charge on any atom is 0.354 e. The van der Waals surface area contributed by atoms with Crippen molar-refractivity contribution >= 4 is 51.7 Å². The minimum absolute atomic E-state index is 0.114. The van der Waals surface area contributed by atoms with Gasteiger partial charge in [-0.05, 0) is 87.6 Å². The number of hydrogen-bond donors (Lipinski definition) is 3. The number of aromatic nitrogens is 4. The van der Waals surface area contributed by atoms with Crippen LogP contribution in [0, 0.1) is 27.7 Å². The van der Waals surface area contributed by atoms with Crippen LogP contribution in [0.2, 0.25) is 10.0 Å². The summed E-state index contributed by atoms with van der Waals surface area (Å²) in [5.74, 6) is -0.792. The largest absolute Gasteiger partial charge is 0.494 e. The number of fused-ring (bicyclic) bond motifs is 1. The number of H-pyrrole nitrogens is 1. The number of amides is 1. The molecule has 9 nitrogen and oxygen atoms in total. The quantitative estimate of drug-likeness (QED) is 0.147. The summed E-state index contributed by atoms with van der Waals surface area (Å²) in [6.07, 6.45) is 2.49. The van der Waals surface area contributed by atoms with E-state index in [1.54, 1.807) is 0 Å². The van der Waals surface area contributed by atoms with E-state index in [9.17, 15) is 9.59 Å². The lowest BCUT2D eigenvalue weighted by Gasteiger charge is -2.11. The van der Waals surface area contributed by atoms with Gasteiger partial charge in [-0.3, -0.25) is 9.48 Å². The number of hydrogen-bond acceptors (Lipinski definition) is 5. The molecule has 43 heavy (non-hydrogen) atoms. The Morgan fingerprint density at radius 3 is 2.37 bits per heavy atom. The summed E-state index contributed by atoms with van der Waals surface area (Å²) in [4.78, 5) is 32.1. The van der Waals surface area contributed by atoms with Crippen molar-refractivity contribution in [1.82, 2.24) is 19.7 Å². The molecule has 0 radical (unpaired) electrons. The van der Waals surface area contributed by atoms with Gasteiger partial charge in [-0.1, -0.05) is 29.3 Å². The number of rotatable bonds is 9. The molecule has 2 aromatic carbocycles. The van der Waals surface area contributed by atoms with Gasteiger partial charge in [0.05, 0.1) is 34.7 Å². The standard InChI is InChI=1S/C32H31Cl2N5O4/c1-16-13-21(14-17(2)28(16)34)43-12-6-7-22-23-9-10-24(33)27(26-18(3)38-39(5)19(26)4)29(23)37-30(22)31(40)36-20-8-11-25(32(41)42)35-15-20/h8-11,13-15,37H,6-7,12H2,1-5H3,(H,36,40)(H,41,42). The molecular formula is C32H31Cl2N5O4. The lowest BCUT2D eigenvalue weighted by Crippen LogP contribution is -2.15. The third kappa shape index (κ3) is 5.96. The Morgan fingerprint density at radius 2 is 1.77 bits per heavy atom. The number of pyridine rings is 1. The van der Waals surface area contributed by atoms with Crippen molar-refractivity contribution < 1.29 is 19.4 Å². The zero-order valence-electron chi connectivity index (χ0n) is 24.4. The van der Waals surface area contributed by atoms with E-state index in [0.717, 1.165) is 60.9 Å². The molecule has 3 heterocycles. The lowest BCUT2D eigenvalue weighted by atomic mass is 9.98. The van der Waals surface area contributed by atoms with Gasteiger partial charge in [0.25, 0.3) is 5.91 Å². The van der Waals surface area contributed by atoms with Crippen molar-refractivity contribution in [3.05, 3.63) is 92.1 Å². The molecular weight excluding hydrogens is 589 g/mol. The van der Waals surface area contributed by atoms with Crippen molar-refractivity contribution in [1.29, 1.82) is 0 Å². The summed E-state index contributed by atoms with van der Waals surface area (Å²) < 4.78 is 7.86. The van der Waals surface area contributed by atoms with E-state index >= 15 is 0 Å². The van der Waals surface area contributed by atoms with E-state index in [4.69, 9.17) is 33.0 Å². The van der Waals surface area contributed by atoms with Crippen LogP contribution in [0.4, 0.5) is 5.69 Å². The number of ether oxygens (including phenoxy) is 1. The first-order valence-electron chi connectivity index (χ1n) is 13.7. The lowest BCUT2D eigenvalue weighted by molar-refractivity contribution is 0.0690. The predicted octanol–water partition coefficient (Wildman–Crippen LogP) is 7.47. The SMILES string of the molecule is Cc1cc(OCCCc2c(C(=O)Nc3ccc(C(=O)O)nc3)[nH]c3c(-c4c(C)nn(C)c4C)c(Cl)ccc23)cc(C)c1Cl. The van der Waals surface area contributed by atoms with Gasteiger partial charge in [0.15, 0.2) is 0 Å². The second-order valence-electron chi connectivity index (χ2n) is 10.5. The monoisotopic (exact) mass is 619 g/mol. The third-order valence-corrected chi connectivity index (χ3v) is 8.42. The Bertz CT molecular complexity index is 1850. The van der Waals surface area contributed by atoms with Crippen LogP contribution < -0.4 is 10.1 Å². The maximum atomic E-state index is 13.7. The fourth-order valence-electron chi connectivity index (χ4n) is 5.34. The van der Waals surface area contributed by atoms with Crippen LogP contribution in [0.5, 0.6) is 5.75 Å². The first-order valence-corrected chi connectivity index (χ1v) is 14.5. The molecule has 1 amide bonds. The highest BCUT2D eigenvalue weighted by Gasteiger charge is 2.24. The van der Waals surface area contributed by atoms with Gasteiger partial charge in [0, 0.05) is 34.3 Å². The first-order chi connectivity index (χ1) is 20.5. The van der Waals surface area contributed by atoms with Gasteiger partial charge in [-0.15, -0.1) is 0 Å². The number of aromatic amines is 1. The zero-order chi connectivity index (χ0) is 31.0. The van der Waals surface area contributed by atoms with E-state index in [1.165, 1.54) is 18.3 Å². The van der Waals surface area contributed by atoms with E-state index in [1.807, 2.05) is 63.7 Å². The number of nitrogens with zero attached hydrogens (tertiary/aromatic N) is 3. The number of aromatic carboxylic acids is 1. The normalized spacial score (nSPS) is 11.2. The fourth-order valence-corrected chi connectivity index (χ4v) is 5.70. The van der Waals surface area contributed by atoms with Gasteiger partial charge in [0.2, 0.25) is 0 Å². The summed E-state index contributed by atoms with van der Waals surface area (Å²) >= 11 is 13.1. The van der Waals surface area contributed by atoms with E-state index < -0.39 is 5.97 Å². The summed E-state index contributed by atoms with van der Waals surface area (Å²) in [6, 6.07) is 10.4. The zero-order valence-corrected chi connectivity index (χ0v) is 25.9. The van der Waals surface area contributed by atoms with Gasteiger partial charge in [0.1, 0.15) is 17.1 Å². The van der Waals surface area contributed by atoms with Crippen LogP contribution in [0.3, 0.4) is 0 Å². The maximum absolute atomic E-state index is 13.7. The molecule has 0 aliphatic rings. The molecule has 11 heteroatoms. The Kier molecular flexibility index (Phi) is 8.48. The van der Waals surface area contributed by atoms with Crippen LogP contribution in [-0.2, 0) is 13.5 Å². The Morgan fingerprint density at radius 1 is 1.05 bits per heavy atom. The summed E-state index contributed by atoms with van der Waals surface area (Å²) in [5.41, 5.74) is 7.52. The fraction of sp³-hybridized carbons (Fsp3) is 0.250. The van der Waals surface area contributed by atoms with Crippen LogP contribution in [0.1, 0.15) is 55.5 Å². The van der Waals surface area contributed by atoms with Crippen molar-refractivity contribution in [3.63, 3.8) is 0 Å². The highest BCUT2D eigenvalue weighted by molar-refractivity contribution is 6.35. The molecule has 0 saturated carbocycles. The molecule has 0 atom stereocenters. The molecule has 0 bridgehead atoms. The summed E-state index contributed by atoms with van der Waals surface area (Å²) in [6.45, 7) is 8.22.